The van der Waals surface area contributed by atoms with Crippen LogP contribution in [0.2, 0.25) is 5.02 Å². The highest BCUT2D eigenvalue weighted by molar-refractivity contribution is 6.31. The Morgan fingerprint density at radius 2 is 1.72 bits per heavy atom. The highest BCUT2D eigenvalue weighted by atomic mass is 35.5. The molecule has 3 aromatic rings. The van der Waals surface area contributed by atoms with Gasteiger partial charge in [-0.05, 0) is 36.8 Å². The van der Waals surface area contributed by atoms with Crippen molar-refractivity contribution in [2.75, 3.05) is 5.32 Å². The van der Waals surface area contributed by atoms with Crippen LogP contribution in [0, 0.1) is 30.2 Å². The Morgan fingerprint density at radius 1 is 1.09 bits per heavy atom. The molecule has 0 aliphatic carbocycles. The summed E-state index contributed by atoms with van der Waals surface area (Å²) in [7, 11) is 0. The highest BCUT2D eigenvalue weighted by Crippen LogP contribution is 2.38. The van der Waals surface area contributed by atoms with Crippen molar-refractivity contribution in [3.05, 3.63) is 75.6 Å². The van der Waals surface area contributed by atoms with E-state index in [1.54, 1.807) is 25.1 Å². The Labute approximate surface area is 180 Å². The molecule has 1 N–H and O–H groups in total. The third-order valence-electron chi connectivity index (χ3n) is 4.15. The molecule has 0 aliphatic rings. The first kappa shape index (κ1) is 23.4. The number of aryl methyl sites for hydroxylation is 1. The number of nitrogens with zero attached hydrogens (tertiary/aromatic N) is 2. The third-order valence-corrected chi connectivity index (χ3v) is 4.58. The number of hydrogen-bond acceptors (Lipinski definition) is 3. The van der Waals surface area contributed by atoms with Crippen LogP contribution < -0.4 is 10.1 Å². The Kier molecular flexibility index (Phi) is 6.35. The van der Waals surface area contributed by atoms with Crippen LogP contribution in [-0.4, -0.2) is 15.7 Å². The molecule has 1 aromatic heterocycles. The van der Waals surface area contributed by atoms with Gasteiger partial charge in [-0.3, -0.25) is 4.79 Å². The van der Waals surface area contributed by atoms with Gasteiger partial charge < -0.3 is 10.1 Å². The van der Waals surface area contributed by atoms with Gasteiger partial charge in [-0.15, -0.1) is 0 Å². The zero-order valence-corrected chi connectivity index (χ0v) is 16.6. The number of carbonyl (C=O) groups excluding carboxylic acids is 1. The third kappa shape index (κ3) is 4.64. The second-order valence-corrected chi connectivity index (χ2v) is 6.79. The van der Waals surface area contributed by atoms with Gasteiger partial charge in [0.25, 0.3) is 5.91 Å². The summed E-state index contributed by atoms with van der Waals surface area (Å²) in [6.45, 7) is 1.55. The van der Waals surface area contributed by atoms with Crippen molar-refractivity contribution >= 4 is 23.2 Å². The number of hydrogen-bond donors (Lipinski definition) is 1. The molecular formula is C19H11ClF7N3O2. The first-order valence-corrected chi connectivity index (χ1v) is 8.94. The van der Waals surface area contributed by atoms with Gasteiger partial charge in [-0.2, -0.15) is 18.3 Å². The Morgan fingerprint density at radius 3 is 2.28 bits per heavy atom. The van der Waals surface area contributed by atoms with Crippen molar-refractivity contribution < 1.29 is 40.3 Å². The quantitative estimate of drug-likeness (QED) is 0.375. The smallest absolute Gasteiger partial charge is 0.422 e. The SMILES string of the molecule is Cc1cc(OCn2ccc(C(=O)Nc3c(F)c(F)c(C(F)(F)F)c(F)c3F)n2)ccc1Cl. The molecule has 0 atom stereocenters. The number of nitrogens with one attached hydrogen (secondary N) is 1. The minimum absolute atomic E-state index is 0.194. The number of anilines is 1. The summed E-state index contributed by atoms with van der Waals surface area (Å²) >= 11 is 5.90. The predicted molar refractivity (Wildman–Crippen MR) is 98.3 cm³/mol. The van der Waals surface area contributed by atoms with Crippen molar-refractivity contribution in [2.45, 2.75) is 19.8 Å². The lowest BCUT2D eigenvalue weighted by Gasteiger charge is -2.14. The molecule has 0 radical (unpaired) electrons. The van der Waals surface area contributed by atoms with Crippen molar-refractivity contribution in [1.82, 2.24) is 9.78 Å². The minimum Gasteiger partial charge on any atom is -0.471 e. The van der Waals surface area contributed by atoms with E-state index in [2.05, 4.69) is 5.10 Å². The van der Waals surface area contributed by atoms with Crippen molar-refractivity contribution in [1.29, 1.82) is 0 Å². The fraction of sp³-hybridized carbons (Fsp3) is 0.158. The second-order valence-electron chi connectivity index (χ2n) is 6.38. The fourth-order valence-corrected chi connectivity index (χ4v) is 2.69. The summed E-state index contributed by atoms with van der Waals surface area (Å²) in [5, 5.41) is 5.77. The van der Waals surface area contributed by atoms with Crippen LogP contribution >= 0.6 is 11.6 Å². The number of halogens is 8. The Bertz CT molecular complexity index is 1170. The van der Waals surface area contributed by atoms with Crippen LogP contribution in [0.4, 0.5) is 36.4 Å². The Balaban J connectivity index is 1.77. The first-order valence-electron chi connectivity index (χ1n) is 8.57. The van der Waals surface area contributed by atoms with Crippen LogP contribution in [-0.2, 0) is 12.9 Å². The molecule has 13 heteroatoms. The van der Waals surface area contributed by atoms with E-state index in [-0.39, 0.29) is 6.73 Å². The number of carbonyl (C=O) groups is 1. The summed E-state index contributed by atoms with van der Waals surface area (Å²) in [6.07, 6.45) is -4.45. The molecule has 0 saturated carbocycles. The fourth-order valence-electron chi connectivity index (χ4n) is 2.57. The molecule has 0 bridgehead atoms. The van der Waals surface area contributed by atoms with Gasteiger partial charge in [0.15, 0.2) is 35.7 Å². The molecule has 0 fully saturated rings. The number of alkyl halides is 3. The van der Waals surface area contributed by atoms with Crippen LogP contribution in [0.1, 0.15) is 21.6 Å². The van der Waals surface area contributed by atoms with Crippen molar-refractivity contribution in [3.63, 3.8) is 0 Å². The second kappa shape index (κ2) is 8.69. The normalized spacial score (nSPS) is 11.5. The first-order chi connectivity index (χ1) is 14.9. The van der Waals surface area contributed by atoms with Crippen LogP contribution in [0.5, 0.6) is 5.75 Å². The van der Waals surface area contributed by atoms with Gasteiger partial charge in [0.1, 0.15) is 17.0 Å². The molecule has 5 nitrogen and oxygen atoms in total. The number of benzene rings is 2. The summed E-state index contributed by atoms with van der Waals surface area (Å²) in [5.41, 5.74) is -4.19. The van der Waals surface area contributed by atoms with Gasteiger partial charge in [-0.25, -0.2) is 22.2 Å². The van der Waals surface area contributed by atoms with E-state index in [0.29, 0.717) is 10.8 Å². The topological polar surface area (TPSA) is 56.1 Å². The molecule has 32 heavy (non-hydrogen) atoms. The largest absolute Gasteiger partial charge is 0.471 e. The molecule has 0 saturated heterocycles. The lowest BCUT2D eigenvalue weighted by molar-refractivity contribution is -0.143. The lowest BCUT2D eigenvalue weighted by Crippen LogP contribution is -2.20. The predicted octanol–water partition coefficient (Wildman–Crippen LogP) is 5.71. The maximum Gasteiger partial charge on any atom is 0.422 e. The van der Waals surface area contributed by atoms with Crippen LogP contribution in [0.25, 0.3) is 0 Å². The molecule has 0 aliphatic heterocycles. The molecule has 0 spiro atoms. The summed E-state index contributed by atoms with van der Waals surface area (Å²) in [4.78, 5) is 12.1. The maximum atomic E-state index is 13.9. The average molecular weight is 482 g/mol. The van der Waals surface area contributed by atoms with E-state index in [0.717, 1.165) is 16.3 Å². The van der Waals surface area contributed by atoms with E-state index in [4.69, 9.17) is 16.3 Å². The molecule has 0 unspecified atom stereocenters. The van der Waals surface area contributed by atoms with Gasteiger partial charge in [0.2, 0.25) is 0 Å². The molecule has 1 heterocycles. The van der Waals surface area contributed by atoms with Crippen molar-refractivity contribution in [2.24, 2.45) is 0 Å². The highest BCUT2D eigenvalue weighted by Gasteiger charge is 2.42. The van der Waals surface area contributed by atoms with Crippen molar-refractivity contribution in [3.8, 4) is 5.75 Å². The molecule has 170 valence electrons. The van der Waals surface area contributed by atoms with Gasteiger partial charge in [0, 0.05) is 11.2 Å². The van der Waals surface area contributed by atoms with Gasteiger partial charge in [-0.1, -0.05) is 11.6 Å². The molecule has 3 rings (SSSR count). The van der Waals surface area contributed by atoms with Gasteiger partial charge >= 0.3 is 6.18 Å². The van der Waals surface area contributed by atoms with Crippen LogP contribution in [0.15, 0.2) is 30.5 Å². The van der Waals surface area contributed by atoms with E-state index in [1.807, 2.05) is 0 Å². The molecule has 2 aromatic carbocycles. The van der Waals surface area contributed by atoms with Gasteiger partial charge in [0.05, 0.1) is 0 Å². The summed E-state index contributed by atoms with van der Waals surface area (Å²) in [6, 6.07) is 5.89. The van der Waals surface area contributed by atoms with E-state index >= 15 is 0 Å². The Hall–Kier alpha value is -3.28. The van der Waals surface area contributed by atoms with E-state index < -0.39 is 52.3 Å². The lowest BCUT2D eigenvalue weighted by atomic mass is 10.1. The molecule has 1 amide bonds. The number of ether oxygens (including phenoxy) is 1. The van der Waals surface area contributed by atoms with E-state index in [9.17, 15) is 35.5 Å². The minimum atomic E-state index is -5.69. The number of amides is 1. The number of rotatable bonds is 5. The summed E-state index contributed by atoms with van der Waals surface area (Å²) in [5.74, 6) is -11.1. The number of aromatic nitrogens is 2. The zero-order valence-electron chi connectivity index (χ0n) is 15.8. The monoisotopic (exact) mass is 481 g/mol. The van der Waals surface area contributed by atoms with E-state index in [1.165, 1.54) is 11.5 Å². The summed E-state index contributed by atoms with van der Waals surface area (Å²) < 4.78 is 99.7. The standard InChI is InChI=1S/C19H11ClF7N3O2/c1-8-6-9(2-3-10(8)20)32-7-30-5-4-11(29-30)18(31)28-17-15(23)13(21)12(19(25,26)27)14(22)16(17)24/h2-6H,7H2,1H3,(H,28,31). The molecular weight excluding hydrogens is 471 g/mol. The van der Waals surface area contributed by atoms with Crippen LogP contribution in [0.3, 0.4) is 0 Å². The zero-order chi connectivity index (χ0) is 23.8. The average Bonchev–Trinajstić information content (AvgIpc) is 3.19. The maximum absolute atomic E-state index is 13.9.